The van der Waals surface area contributed by atoms with E-state index in [1.807, 2.05) is 67.6 Å². The summed E-state index contributed by atoms with van der Waals surface area (Å²) in [6, 6.07) is 28.4. The lowest BCUT2D eigenvalue weighted by molar-refractivity contribution is 0.0976. The smallest absolute Gasteiger partial charge is 0.269 e. The average Bonchev–Trinajstić information content (AvgIpc) is 2.83. The molecule has 1 heterocycles. The first kappa shape index (κ1) is 21.0. The van der Waals surface area contributed by atoms with E-state index in [0.29, 0.717) is 26.9 Å². The van der Waals surface area contributed by atoms with Crippen LogP contribution in [0.25, 0.3) is 0 Å². The number of fused-ring (bicyclic) bond motifs is 1. The minimum atomic E-state index is -1.64. The second-order valence-corrected chi connectivity index (χ2v) is 8.80. The molecular weight excluding hydrogens is 422 g/mol. The highest BCUT2D eigenvalue weighted by atomic mass is 32.2. The Morgan fingerprint density at radius 1 is 1.03 bits per heavy atom. The van der Waals surface area contributed by atoms with Crippen LogP contribution in [0.1, 0.15) is 28.4 Å². The van der Waals surface area contributed by atoms with E-state index < -0.39 is 5.66 Å². The third kappa shape index (κ3) is 3.67. The van der Waals surface area contributed by atoms with Crippen LogP contribution in [-0.2, 0) is 0 Å². The van der Waals surface area contributed by atoms with Gasteiger partial charge in [0.25, 0.3) is 11.6 Å². The quantitative estimate of drug-likeness (QED) is 0.503. The first-order chi connectivity index (χ1) is 15.1. The Balaban J connectivity index is 2.01. The molecular formula is C25H19N3OS2. The molecule has 1 amide bonds. The normalized spacial score (nSPS) is 17.3. The zero-order valence-electron chi connectivity index (χ0n) is 16.9. The molecule has 4 nitrogen and oxygen atoms in total. The molecule has 0 saturated carbocycles. The van der Waals surface area contributed by atoms with Gasteiger partial charge < -0.3 is 0 Å². The van der Waals surface area contributed by atoms with Gasteiger partial charge in [0, 0.05) is 16.7 Å². The van der Waals surface area contributed by atoms with Crippen molar-refractivity contribution in [2.24, 2.45) is 4.99 Å². The van der Waals surface area contributed by atoms with Gasteiger partial charge in [0.05, 0.1) is 11.4 Å². The molecule has 4 rings (SSSR count). The average molecular weight is 442 g/mol. The summed E-state index contributed by atoms with van der Waals surface area (Å²) in [5.41, 5.74) is 1.75. The Morgan fingerprint density at radius 3 is 2.29 bits per heavy atom. The maximum atomic E-state index is 13.7. The number of benzene rings is 3. The Morgan fingerprint density at radius 2 is 1.65 bits per heavy atom. The highest BCUT2D eigenvalue weighted by Gasteiger charge is 2.49. The van der Waals surface area contributed by atoms with Crippen molar-refractivity contribution in [1.82, 2.24) is 0 Å². The maximum absolute atomic E-state index is 13.7. The van der Waals surface area contributed by atoms with Crippen molar-refractivity contribution in [3.8, 4) is 6.07 Å². The highest BCUT2D eigenvalue weighted by Crippen LogP contribution is 2.40. The molecule has 0 aromatic heterocycles. The summed E-state index contributed by atoms with van der Waals surface area (Å²) < 4.78 is 0.352. The second-order valence-electron chi connectivity index (χ2n) is 6.85. The second kappa shape index (κ2) is 8.84. The van der Waals surface area contributed by atoms with Gasteiger partial charge >= 0.3 is 0 Å². The largest absolute Gasteiger partial charge is 0.270 e. The van der Waals surface area contributed by atoms with E-state index in [0.717, 1.165) is 11.1 Å². The lowest BCUT2D eigenvalue weighted by Crippen LogP contribution is -2.57. The zero-order valence-corrected chi connectivity index (χ0v) is 18.5. The molecule has 0 aliphatic carbocycles. The molecule has 1 aliphatic heterocycles. The number of rotatable bonds is 4. The van der Waals surface area contributed by atoms with Crippen molar-refractivity contribution in [3.63, 3.8) is 0 Å². The molecule has 152 valence electrons. The first-order valence-corrected chi connectivity index (χ1v) is 11.2. The van der Waals surface area contributed by atoms with Crippen LogP contribution in [0.4, 0.5) is 5.69 Å². The van der Waals surface area contributed by atoms with Crippen LogP contribution in [0.5, 0.6) is 0 Å². The third-order valence-corrected chi connectivity index (χ3v) is 6.46. The van der Waals surface area contributed by atoms with Crippen LogP contribution in [0, 0.1) is 11.3 Å². The molecule has 0 spiro atoms. The van der Waals surface area contributed by atoms with Crippen LogP contribution in [-0.4, -0.2) is 27.2 Å². The maximum Gasteiger partial charge on any atom is 0.270 e. The molecule has 0 N–H and O–H groups in total. The topological polar surface area (TPSA) is 56.5 Å². The number of nitriles is 1. The van der Waals surface area contributed by atoms with E-state index in [9.17, 15) is 10.1 Å². The van der Waals surface area contributed by atoms with Crippen LogP contribution in [0.15, 0.2) is 89.9 Å². The van der Waals surface area contributed by atoms with Gasteiger partial charge in [-0.15, -0.1) is 11.8 Å². The van der Waals surface area contributed by atoms with E-state index >= 15 is 0 Å². The van der Waals surface area contributed by atoms with Crippen molar-refractivity contribution < 1.29 is 4.79 Å². The van der Waals surface area contributed by atoms with Crippen LogP contribution in [0.2, 0.25) is 0 Å². The SMILES string of the molecule is CCSC(=S)[C@@]1(C#N)N=C(c2ccccc2)c2ccccc2N1C(=O)c1ccccc1. The van der Waals surface area contributed by atoms with Gasteiger partial charge in [0.2, 0.25) is 0 Å². The number of hydrogen-bond donors (Lipinski definition) is 0. The number of thioether (sulfide) groups is 1. The molecule has 0 radical (unpaired) electrons. The monoisotopic (exact) mass is 441 g/mol. The molecule has 0 unspecified atom stereocenters. The van der Waals surface area contributed by atoms with Gasteiger partial charge in [-0.25, -0.2) is 4.99 Å². The molecule has 6 heteroatoms. The number of amides is 1. The molecule has 0 bridgehead atoms. The Hall–Kier alpha value is -3.27. The van der Waals surface area contributed by atoms with Gasteiger partial charge in [-0.3, -0.25) is 9.69 Å². The number of carbonyl (C=O) groups excluding carboxylic acids is 1. The predicted octanol–water partition coefficient (Wildman–Crippen LogP) is 5.48. The summed E-state index contributed by atoms with van der Waals surface area (Å²) in [5, 5.41) is 10.4. The fourth-order valence-electron chi connectivity index (χ4n) is 3.59. The summed E-state index contributed by atoms with van der Waals surface area (Å²) in [7, 11) is 0. The van der Waals surface area contributed by atoms with Gasteiger partial charge in [-0.05, 0) is 24.0 Å². The van der Waals surface area contributed by atoms with Crippen LogP contribution < -0.4 is 4.90 Å². The van der Waals surface area contributed by atoms with Crippen molar-refractivity contribution in [1.29, 1.82) is 5.26 Å². The lowest BCUT2D eigenvalue weighted by Gasteiger charge is -2.40. The van der Waals surface area contributed by atoms with Gasteiger partial charge in [0.1, 0.15) is 10.3 Å². The van der Waals surface area contributed by atoms with E-state index in [4.69, 9.17) is 17.2 Å². The first-order valence-electron chi connectivity index (χ1n) is 9.85. The molecule has 0 saturated heterocycles. The van der Waals surface area contributed by atoms with Crippen molar-refractivity contribution in [2.45, 2.75) is 12.6 Å². The third-order valence-electron chi connectivity index (χ3n) is 4.98. The molecule has 0 fully saturated rings. The fourth-order valence-corrected chi connectivity index (χ4v) is 4.77. The summed E-state index contributed by atoms with van der Waals surface area (Å²) in [6.07, 6.45) is 0. The van der Waals surface area contributed by atoms with E-state index in [1.165, 1.54) is 16.7 Å². The summed E-state index contributed by atoms with van der Waals surface area (Å²) in [4.78, 5) is 20.1. The molecule has 1 aliphatic rings. The van der Waals surface area contributed by atoms with Crippen LogP contribution in [0.3, 0.4) is 0 Å². The Bertz CT molecular complexity index is 1200. The van der Waals surface area contributed by atoms with E-state index in [1.54, 1.807) is 24.3 Å². The van der Waals surface area contributed by atoms with Gasteiger partial charge in [-0.2, -0.15) is 5.26 Å². The number of hydrogen-bond acceptors (Lipinski definition) is 5. The van der Waals surface area contributed by atoms with E-state index in [-0.39, 0.29) is 5.91 Å². The summed E-state index contributed by atoms with van der Waals surface area (Å²) in [5.74, 6) is 0.359. The highest BCUT2D eigenvalue weighted by molar-refractivity contribution is 8.23. The molecule has 3 aromatic rings. The van der Waals surface area contributed by atoms with E-state index in [2.05, 4.69) is 6.07 Å². The van der Waals surface area contributed by atoms with Crippen molar-refractivity contribution in [3.05, 3.63) is 102 Å². The Labute approximate surface area is 191 Å². The van der Waals surface area contributed by atoms with Gasteiger partial charge in [0.15, 0.2) is 0 Å². The molecule has 1 atom stereocenters. The molecule has 3 aromatic carbocycles. The molecule has 31 heavy (non-hydrogen) atoms. The number of anilines is 1. The number of carbonyl (C=O) groups is 1. The number of nitrogens with zero attached hydrogens (tertiary/aromatic N) is 3. The number of aliphatic imine (C=N–C) groups is 1. The lowest BCUT2D eigenvalue weighted by atomic mass is 9.94. The van der Waals surface area contributed by atoms with Crippen LogP contribution >= 0.6 is 24.0 Å². The fraction of sp³-hybridized carbons (Fsp3) is 0.120. The van der Waals surface area contributed by atoms with Crippen molar-refractivity contribution in [2.75, 3.05) is 10.7 Å². The standard InChI is InChI=1S/C25H19N3OS2/c1-2-31-24(30)25(17-26)27-22(18-11-5-3-6-12-18)20-15-9-10-16-21(20)28(25)23(29)19-13-7-4-8-14-19/h3-16H,2H2,1H3/t25-/m0/s1. The Kier molecular flexibility index (Phi) is 5.99. The predicted molar refractivity (Wildman–Crippen MR) is 131 cm³/mol. The number of thiocarbonyl (C=S) groups is 1. The van der Waals surface area contributed by atoms with Gasteiger partial charge in [-0.1, -0.05) is 85.9 Å². The minimum Gasteiger partial charge on any atom is -0.269 e. The minimum absolute atomic E-state index is 0.315. The zero-order chi connectivity index (χ0) is 21.8. The number of para-hydroxylation sites is 1. The summed E-state index contributed by atoms with van der Waals surface area (Å²) in [6.45, 7) is 1.96. The van der Waals surface area contributed by atoms with Crippen molar-refractivity contribution >= 4 is 45.5 Å². The summed E-state index contributed by atoms with van der Waals surface area (Å²) >= 11 is 7.06.